The van der Waals surface area contributed by atoms with E-state index in [0.717, 1.165) is 16.9 Å². The van der Waals surface area contributed by atoms with Gasteiger partial charge in [0.25, 0.3) is 0 Å². The molecule has 0 aliphatic heterocycles. The number of anilines is 1. The van der Waals surface area contributed by atoms with Gasteiger partial charge in [-0.2, -0.15) is 0 Å². The first-order valence-corrected chi connectivity index (χ1v) is 9.94. The molecule has 1 amide bonds. The molecule has 26 heavy (non-hydrogen) atoms. The number of rotatable bonds is 8. The minimum absolute atomic E-state index is 0.0898. The van der Waals surface area contributed by atoms with Crippen molar-refractivity contribution in [3.05, 3.63) is 51.9 Å². The molecule has 0 atom stereocenters. The zero-order valence-corrected chi connectivity index (χ0v) is 16.7. The number of carbonyl (C=O) groups is 2. The summed E-state index contributed by atoms with van der Waals surface area (Å²) in [6.45, 7) is 8.43. The molecule has 0 radical (unpaired) electrons. The molecule has 1 aromatic carbocycles. The third kappa shape index (κ3) is 5.43. The second-order valence-electron chi connectivity index (χ2n) is 6.47. The second-order valence-corrected chi connectivity index (χ2v) is 7.61. The van der Waals surface area contributed by atoms with E-state index in [9.17, 15) is 9.59 Å². The van der Waals surface area contributed by atoms with Crippen molar-refractivity contribution in [2.75, 3.05) is 11.9 Å². The molecule has 2 rings (SSSR count). The van der Waals surface area contributed by atoms with Crippen molar-refractivity contribution in [2.45, 2.75) is 52.9 Å². The van der Waals surface area contributed by atoms with Crippen LogP contribution in [-0.2, 0) is 22.4 Å². The van der Waals surface area contributed by atoms with Crippen molar-refractivity contribution in [3.8, 4) is 0 Å². The Morgan fingerprint density at radius 3 is 2.42 bits per heavy atom. The van der Waals surface area contributed by atoms with E-state index in [4.69, 9.17) is 4.74 Å². The van der Waals surface area contributed by atoms with E-state index in [0.29, 0.717) is 35.9 Å². The molecule has 0 saturated heterocycles. The highest BCUT2D eigenvalue weighted by molar-refractivity contribution is 7.16. The molecule has 0 fully saturated rings. The quantitative estimate of drug-likeness (QED) is 0.649. The van der Waals surface area contributed by atoms with Crippen LogP contribution in [0.3, 0.4) is 0 Å². The molecule has 4 nitrogen and oxygen atoms in total. The Morgan fingerprint density at radius 2 is 1.85 bits per heavy atom. The van der Waals surface area contributed by atoms with Crippen LogP contribution >= 0.6 is 11.3 Å². The third-order valence-corrected chi connectivity index (χ3v) is 5.36. The van der Waals surface area contributed by atoms with Gasteiger partial charge in [-0.1, -0.05) is 45.0 Å². The standard InChI is InChI=1S/C21H27NO3S/c1-5-17-13-18(21(24)25-6-2)20(26-17)22-19(23)12-9-15-7-10-16(11-8-15)14(3)4/h7-8,10-11,13-14H,5-6,9,12H2,1-4H3,(H,22,23). The number of nitrogens with one attached hydrogen (secondary N) is 1. The van der Waals surface area contributed by atoms with Gasteiger partial charge < -0.3 is 10.1 Å². The largest absolute Gasteiger partial charge is 0.462 e. The van der Waals surface area contributed by atoms with Crippen LogP contribution in [0, 0.1) is 0 Å². The highest BCUT2D eigenvalue weighted by Gasteiger charge is 2.18. The zero-order chi connectivity index (χ0) is 19.1. The number of hydrogen-bond acceptors (Lipinski definition) is 4. The van der Waals surface area contributed by atoms with E-state index < -0.39 is 0 Å². The Kier molecular flexibility index (Phi) is 7.39. The Bertz CT molecular complexity index is 747. The third-order valence-electron chi connectivity index (χ3n) is 4.17. The van der Waals surface area contributed by atoms with Crippen LogP contribution in [0.2, 0.25) is 0 Å². The van der Waals surface area contributed by atoms with Gasteiger partial charge in [0, 0.05) is 11.3 Å². The molecule has 0 unspecified atom stereocenters. The summed E-state index contributed by atoms with van der Waals surface area (Å²) in [5.74, 6) is 0.0243. The average Bonchev–Trinajstić information content (AvgIpc) is 3.03. The van der Waals surface area contributed by atoms with Crippen LogP contribution in [0.5, 0.6) is 0 Å². The predicted molar refractivity (Wildman–Crippen MR) is 107 cm³/mol. The summed E-state index contributed by atoms with van der Waals surface area (Å²) in [7, 11) is 0. The molecule has 1 N–H and O–H groups in total. The van der Waals surface area contributed by atoms with Gasteiger partial charge in [0.2, 0.25) is 5.91 Å². The summed E-state index contributed by atoms with van der Waals surface area (Å²) in [5, 5.41) is 3.47. The van der Waals surface area contributed by atoms with E-state index in [1.807, 2.05) is 13.0 Å². The van der Waals surface area contributed by atoms with Crippen molar-refractivity contribution >= 4 is 28.2 Å². The first-order chi connectivity index (χ1) is 12.4. The fourth-order valence-electron chi connectivity index (χ4n) is 2.59. The Labute approximate surface area is 159 Å². The number of carbonyl (C=O) groups excluding carboxylic acids is 2. The maximum atomic E-state index is 12.3. The molecule has 0 spiro atoms. The molecule has 0 aliphatic carbocycles. The van der Waals surface area contributed by atoms with Gasteiger partial charge in [0.05, 0.1) is 12.2 Å². The zero-order valence-electron chi connectivity index (χ0n) is 15.9. The minimum atomic E-state index is -0.386. The van der Waals surface area contributed by atoms with Gasteiger partial charge in [-0.05, 0) is 42.9 Å². The lowest BCUT2D eigenvalue weighted by atomic mass is 10.0. The van der Waals surface area contributed by atoms with Crippen LogP contribution in [0.25, 0.3) is 0 Å². The molecule has 0 aliphatic rings. The number of thiophene rings is 1. The van der Waals surface area contributed by atoms with E-state index in [-0.39, 0.29) is 11.9 Å². The lowest BCUT2D eigenvalue weighted by Crippen LogP contribution is -2.14. The Hall–Kier alpha value is -2.14. The molecule has 140 valence electrons. The lowest BCUT2D eigenvalue weighted by molar-refractivity contribution is -0.116. The molecule has 2 aromatic rings. The summed E-state index contributed by atoms with van der Waals surface area (Å²) in [4.78, 5) is 25.5. The summed E-state index contributed by atoms with van der Waals surface area (Å²) >= 11 is 1.44. The van der Waals surface area contributed by atoms with E-state index >= 15 is 0 Å². The minimum Gasteiger partial charge on any atom is -0.462 e. The topological polar surface area (TPSA) is 55.4 Å². The number of aryl methyl sites for hydroxylation is 2. The summed E-state index contributed by atoms with van der Waals surface area (Å²) < 4.78 is 5.08. The lowest BCUT2D eigenvalue weighted by Gasteiger charge is -2.08. The number of ether oxygens (including phenoxy) is 1. The average molecular weight is 374 g/mol. The summed E-state index contributed by atoms with van der Waals surface area (Å²) in [5.41, 5.74) is 2.88. The van der Waals surface area contributed by atoms with Gasteiger partial charge in [-0.25, -0.2) is 4.79 Å². The van der Waals surface area contributed by atoms with E-state index in [1.165, 1.54) is 16.9 Å². The van der Waals surface area contributed by atoms with Gasteiger partial charge in [0.1, 0.15) is 5.00 Å². The highest BCUT2D eigenvalue weighted by Crippen LogP contribution is 2.29. The van der Waals surface area contributed by atoms with Crippen molar-refractivity contribution < 1.29 is 14.3 Å². The van der Waals surface area contributed by atoms with Gasteiger partial charge in [-0.15, -0.1) is 11.3 Å². The van der Waals surface area contributed by atoms with Crippen LogP contribution in [0.15, 0.2) is 30.3 Å². The molecule has 0 bridgehead atoms. The van der Waals surface area contributed by atoms with Gasteiger partial charge >= 0.3 is 5.97 Å². The van der Waals surface area contributed by atoms with Crippen molar-refractivity contribution in [2.24, 2.45) is 0 Å². The van der Waals surface area contributed by atoms with Crippen LogP contribution in [-0.4, -0.2) is 18.5 Å². The predicted octanol–water partition coefficient (Wildman–Crippen LogP) is 5.18. The van der Waals surface area contributed by atoms with Crippen molar-refractivity contribution in [1.82, 2.24) is 0 Å². The van der Waals surface area contributed by atoms with Crippen LogP contribution in [0.4, 0.5) is 5.00 Å². The second kappa shape index (κ2) is 9.53. The first kappa shape index (κ1) is 20.2. The normalized spacial score (nSPS) is 10.8. The van der Waals surface area contributed by atoms with Gasteiger partial charge in [-0.3, -0.25) is 4.79 Å². The van der Waals surface area contributed by atoms with Crippen LogP contribution < -0.4 is 5.32 Å². The molecular formula is C21H27NO3S. The smallest absolute Gasteiger partial charge is 0.341 e. The SMILES string of the molecule is CCOC(=O)c1cc(CC)sc1NC(=O)CCc1ccc(C(C)C)cc1. The number of esters is 1. The fraction of sp³-hybridized carbons (Fsp3) is 0.429. The maximum Gasteiger partial charge on any atom is 0.341 e. The Balaban J connectivity index is 1.98. The number of hydrogen-bond donors (Lipinski definition) is 1. The Morgan fingerprint density at radius 1 is 1.15 bits per heavy atom. The highest BCUT2D eigenvalue weighted by atomic mass is 32.1. The van der Waals surface area contributed by atoms with E-state index in [2.05, 4.69) is 43.4 Å². The summed E-state index contributed by atoms with van der Waals surface area (Å²) in [6.07, 6.45) is 1.86. The monoisotopic (exact) mass is 373 g/mol. The van der Waals surface area contributed by atoms with Crippen molar-refractivity contribution in [3.63, 3.8) is 0 Å². The maximum absolute atomic E-state index is 12.3. The molecule has 1 heterocycles. The van der Waals surface area contributed by atoms with E-state index in [1.54, 1.807) is 6.92 Å². The number of benzene rings is 1. The molecule has 0 saturated carbocycles. The first-order valence-electron chi connectivity index (χ1n) is 9.13. The summed E-state index contributed by atoms with van der Waals surface area (Å²) in [6, 6.07) is 10.2. The van der Waals surface area contributed by atoms with Gasteiger partial charge in [0.15, 0.2) is 0 Å². The number of amides is 1. The fourth-order valence-corrected chi connectivity index (χ4v) is 3.59. The molecule has 5 heteroatoms. The molecule has 1 aromatic heterocycles. The van der Waals surface area contributed by atoms with Crippen LogP contribution in [0.1, 0.15) is 66.4 Å². The van der Waals surface area contributed by atoms with Crippen molar-refractivity contribution in [1.29, 1.82) is 0 Å². The molecular weight excluding hydrogens is 346 g/mol.